The molecule has 1 heterocycles. The fourth-order valence-corrected chi connectivity index (χ4v) is 1.19. The molecule has 0 bridgehead atoms. The number of hydrogen-bond acceptors (Lipinski definition) is 2. The number of carbonyl (C=O) groups is 1. The Kier molecular flexibility index (Phi) is 3.93. The van der Waals surface area contributed by atoms with Gasteiger partial charge in [-0.1, -0.05) is 20.8 Å². The van der Waals surface area contributed by atoms with Crippen molar-refractivity contribution in [3.8, 4) is 0 Å². The van der Waals surface area contributed by atoms with E-state index in [9.17, 15) is 9.59 Å². The Morgan fingerprint density at radius 3 is 2.53 bits per heavy atom. The van der Waals surface area contributed by atoms with Gasteiger partial charge >= 0.3 is 6.03 Å². The van der Waals surface area contributed by atoms with E-state index in [-0.39, 0.29) is 17.0 Å². The molecule has 0 spiro atoms. The molecule has 94 valence electrons. The van der Waals surface area contributed by atoms with Gasteiger partial charge in [0.1, 0.15) is 0 Å². The maximum Gasteiger partial charge on any atom is 0.319 e. The summed E-state index contributed by atoms with van der Waals surface area (Å²) in [7, 11) is 1.64. The van der Waals surface area contributed by atoms with Crippen molar-refractivity contribution in [2.75, 3.05) is 11.9 Å². The number of rotatable bonds is 2. The largest absolute Gasteiger partial charge is 0.337 e. The van der Waals surface area contributed by atoms with Crippen molar-refractivity contribution in [3.05, 3.63) is 28.7 Å². The minimum atomic E-state index is -0.265. The topological polar surface area (TPSA) is 63.1 Å². The number of pyridine rings is 1. The lowest BCUT2D eigenvalue weighted by Gasteiger charge is -2.18. The standard InChI is InChI=1S/C12H19N3O2/c1-12(2,3)8-13-11(17)14-9-5-6-10(16)15(4)7-9/h5-7H,8H2,1-4H3,(H2,13,14,17). The van der Waals surface area contributed by atoms with Gasteiger partial charge < -0.3 is 15.2 Å². The molecule has 1 aromatic rings. The van der Waals surface area contributed by atoms with Crippen LogP contribution in [0.25, 0.3) is 0 Å². The number of nitrogens with zero attached hydrogens (tertiary/aromatic N) is 1. The lowest BCUT2D eigenvalue weighted by Crippen LogP contribution is -2.35. The van der Waals surface area contributed by atoms with E-state index in [2.05, 4.69) is 10.6 Å². The molecule has 0 saturated carbocycles. The van der Waals surface area contributed by atoms with Crippen LogP contribution >= 0.6 is 0 Å². The molecular weight excluding hydrogens is 218 g/mol. The Balaban J connectivity index is 2.57. The molecule has 5 nitrogen and oxygen atoms in total. The molecule has 1 rings (SSSR count). The number of amides is 2. The Bertz CT molecular complexity index is 458. The molecule has 0 atom stereocenters. The van der Waals surface area contributed by atoms with E-state index in [0.717, 1.165) is 0 Å². The minimum Gasteiger partial charge on any atom is -0.337 e. The van der Waals surface area contributed by atoms with Crippen LogP contribution in [0.15, 0.2) is 23.1 Å². The van der Waals surface area contributed by atoms with E-state index in [1.165, 1.54) is 10.6 Å². The fraction of sp³-hybridized carbons (Fsp3) is 0.500. The van der Waals surface area contributed by atoms with E-state index in [1.807, 2.05) is 20.8 Å². The van der Waals surface area contributed by atoms with Gasteiger partial charge in [0.2, 0.25) is 5.56 Å². The second kappa shape index (κ2) is 5.03. The predicted molar refractivity (Wildman–Crippen MR) is 68.2 cm³/mol. The molecule has 0 aromatic carbocycles. The van der Waals surface area contributed by atoms with Gasteiger partial charge in [0.15, 0.2) is 0 Å². The van der Waals surface area contributed by atoms with Crippen molar-refractivity contribution >= 4 is 11.7 Å². The Morgan fingerprint density at radius 1 is 1.35 bits per heavy atom. The first-order valence-corrected chi connectivity index (χ1v) is 5.49. The van der Waals surface area contributed by atoms with Crippen LogP contribution in [0.1, 0.15) is 20.8 Å². The quantitative estimate of drug-likeness (QED) is 0.819. The minimum absolute atomic E-state index is 0.0425. The molecule has 0 fully saturated rings. The van der Waals surface area contributed by atoms with Crippen molar-refractivity contribution < 1.29 is 4.79 Å². The highest BCUT2D eigenvalue weighted by atomic mass is 16.2. The molecular formula is C12H19N3O2. The fourth-order valence-electron chi connectivity index (χ4n) is 1.19. The third-order valence-electron chi connectivity index (χ3n) is 2.12. The third-order valence-corrected chi connectivity index (χ3v) is 2.12. The molecule has 0 aliphatic rings. The second-order valence-corrected chi connectivity index (χ2v) is 5.24. The zero-order valence-corrected chi connectivity index (χ0v) is 10.7. The van der Waals surface area contributed by atoms with Crippen LogP contribution in [0.4, 0.5) is 10.5 Å². The first kappa shape index (κ1) is 13.3. The highest BCUT2D eigenvalue weighted by molar-refractivity contribution is 5.88. The highest BCUT2D eigenvalue weighted by Crippen LogP contribution is 2.10. The lowest BCUT2D eigenvalue weighted by molar-refractivity contribution is 0.247. The average molecular weight is 237 g/mol. The summed E-state index contributed by atoms with van der Waals surface area (Å²) in [5, 5.41) is 5.44. The number of hydrogen-bond donors (Lipinski definition) is 2. The van der Waals surface area contributed by atoms with Crippen molar-refractivity contribution in [3.63, 3.8) is 0 Å². The SMILES string of the molecule is Cn1cc(NC(=O)NCC(C)(C)C)ccc1=O. The van der Waals surface area contributed by atoms with E-state index in [1.54, 1.807) is 19.3 Å². The number of nitrogens with one attached hydrogen (secondary N) is 2. The molecule has 0 aliphatic carbocycles. The van der Waals surface area contributed by atoms with Gasteiger partial charge in [-0.05, 0) is 11.5 Å². The van der Waals surface area contributed by atoms with E-state index in [4.69, 9.17) is 0 Å². The van der Waals surface area contributed by atoms with E-state index < -0.39 is 0 Å². The summed E-state index contributed by atoms with van der Waals surface area (Å²) < 4.78 is 1.42. The van der Waals surface area contributed by atoms with Gasteiger partial charge in [0.25, 0.3) is 0 Å². The summed E-state index contributed by atoms with van der Waals surface area (Å²) in [6.07, 6.45) is 1.58. The van der Waals surface area contributed by atoms with Crippen LogP contribution in [0.3, 0.4) is 0 Å². The number of aryl methyl sites for hydroxylation is 1. The normalized spacial score (nSPS) is 11.1. The Labute approximate surface area is 101 Å². The molecule has 1 aromatic heterocycles. The lowest BCUT2D eigenvalue weighted by atomic mass is 9.97. The molecule has 0 saturated heterocycles. The van der Waals surface area contributed by atoms with Crippen LogP contribution in [0.5, 0.6) is 0 Å². The predicted octanol–water partition coefficient (Wildman–Crippen LogP) is 1.55. The number of carbonyl (C=O) groups excluding carboxylic acids is 1. The van der Waals surface area contributed by atoms with Crippen LogP contribution in [0, 0.1) is 5.41 Å². The number of anilines is 1. The maximum absolute atomic E-state index is 11.5. The monoisotopic (exact) mass is 237 g/mol. The molecule has 0 radical (unpaired) electrons. The van der Waals surface area contributed by atoms with Crippen molar-refractivity contribution in [2.24, 2.45) is 12.5 Å². The van der Waals surface area contributed by atoms with Crippen LogP contribution in [-0.2, 0) is 7.05 Å². The molecule has 0 aliphatic heterocycles. The zero-order valence-electron chi connectivity index (χ0n) is 10.7. The summed E-state index contributed by atoms with van der Waals surface area (Å²) in [6.45, 7) is 6.71. The highest BCUT2D eigenvalue weighted by Gasteiger charge is 2.11. The van der Waals surface area contributed by atoms with Gasteiger partial charge in [-0.2, -0.15) is 0 Å². The first-order valence-electron chi connectivity index (χ1n) is 5.49. The third kappa shape index (κ3) is 4.72. The van der Waals surface area contributed by atoms with Crippen molar-refractivity contribution in [1.29, 1.82) is 0 Å². The van der Waals surface area contributed by atoms with Gasteiger partial charge in [0.05, 0.1) is 5.69 Å². The smallest absolute Gasteiger partial charge is 0.319 e. The van der Waals surface area contributed by atoms with E-state index >= 15 is 0 Å². The van der Waals surface area contributed by atoms with Crippen LogP contribution < -0.4 is 16.2 Å². The second-order valence-electron chi connectivity index (χ2n) is 5.24. The summed E-state index contributed by atoms with van der Waals surface area (Å²) in [4.78, 5) is 22.7. The average Bonchev–Trinajstić information content (AvgIpc) is 2.20. The summed E-state index contributed by atoms with van der Waals surface area (Å²) in [6, 6.07) is 2.73. The molecule has 5 heteroatoms. The van der Waals surface area contributed by atoms with Crippen molar-refractivity contribution in [1.82, 2.24) is 9.88 Å². The molecule has 17 heavy (non-hydrogen) atoms. The molecule has 2 N–H and O–H groups in total. The van der Waals surface area contributed by atoms with Gasteiger partial charge in [-0.3, -0.25) is 4.79 Å². The summed E-state index contributed by atoms with van der Waals surface area (Å²) in [5.41, 5.74) is 0.533. The molecule has 0 unspecified atom stereocenters. The summed E-state index contributed by atoms with van der Waals surface area (Å²) >= 11 is 0. The maximum atomic E-state index is 11.5. The number of urea groups is 1. The van der Waals surface area contributed by atoms with Gasteiger partial charge in [-0.25, -0.2) is 4.79 Å². The molecule has 2 amide bonds. The van der Waals surface area contributed by atoms with Crippen LogP contribution in [-0.4, -0.2) is 17.1 Å². The van der Waals surface area contributed by atoms with Gasteiger partial charge in [-0.15, -0.1) is 0 Å². The first-order chi connectivity index (χ1) is 7.78. The Morgan fingerprint density at radius 2 is 2.00 bits per heavy atom. The zero-order chi connectivity index (χ0) is 13.1. The van der Waals surface area contributed by atoms with Gasteiger partial charge in [0, 0.05) is 25.9 Å². The number of aromatic nitrogens is 1. The van der Waals surface area contributed by atoms with Crippen molar-refractivity contribution in [2.45, 2.75) is 20.8 Å². The van der Waals surface area contributed by atoms with E-state index in [0.29, 0.717) is 12.2 Å². The summed E-state index contributed by atoms with van der Waals surface area (Å²) in [5.74, 6) is 0. The Hall–Kier alpha value is -1.78. The van der Waals surface area contributed by atoms with Crippen LogP contribution in [0.2, 0.25) is 0 Å².